The lowest BCUT2D eigenvalue weighted by Crippen LogP contribution is -2.52. The number of Topliss-reactive ketones (excluding diaryl/α,β-unsaturated/α-hetero) is 1. The molecule has 198 valence electrons. The first kappa shape index (κ1) is 26.7. The lowest BCUT2D eigenvalue weighted by Gasteiger charge is -2.28. The van der Waals surface area contributed by atoms with Gasteiger partial charge in [0, 0.05) is 18.3 Å². The number of sulfonamides is 1. The van der Waals surface area contributed by atoms with Crippen LogP contribution in [0.2, 0.25) is 0 Å². The van der Waals surface area contributed by atoms with E-state index >= 15 is 0 Å². The van der Waals surface area contributed by atoms with Crippen LogP contribution < -0.4 is 5.32 Å². The number of alkyl halides is 3. The molecule has 0 saturated carbocycles. The Balaban J connectivity index is 1.50. The summed E-state index contributed by atoms with van der Waals surface area (Å²) in [6.45, 7) is 1.51. The molecule has 13 heteroatoms. The zero-order chi connectivity index (χ0) is 27.0. The van der Waals surface area contributed by atoms with Crippen molar-refractivity contribution in [3.63, 3.8) is 0 Å². The quantitative estimate of drug-likeness (QED) is 0.578. The molecule has 4 rings (SSSR count). The van der Waals surface area contributed by atoms with Gasteiger partial charge in [-0.25, -0.2) is 13.4 Å². The molecule has 1 N–H and O–H groups in total. The van der Waals surface area contributed by atoms with Crippen LogP contribution in [0.25, 0.3) is 0 Å². The summed E-state index contributed by atoms with van der Waals surface area (Å²) in [5.74, 6) is -1.70. The number of likely N-dealkylation sites (tertiary alicyclic amines) is 1. The van der Waals surface area contributed by atoms with Gasteiger partial charge in [0.15, 0.2) is 10.8 Å². The summed E-state index contributed by atoms with van der Waals surface area (Å²) in [5.41, 5.74) is -0.955. The first-order valence-electron chi connectivity index (χ1n) is 11.7. The van der Waals surface area contributed by atoms with Crippen LogP contribution in [0.1, 0.15) is 42.1 Å². The molecule has 0 spiro atoms. The van der Waals surface area contributed by atoms with Crippen LogP contribution in [0, 0.1) is 0 Å². The largest absolute Gasteiger partial charge is 0.416 e. The Morgan fingerprint density at radius 1 is 1.16 bits per heavy atom. The fourth-order valence-corrected chi connectivity index (χ4v) is 6.32. The van der Waals surface area contributed by atoms with Crippen LogP contribution in [0.15, 0.2) is 53.7 Å². The third-order valence-corrected chi connectivity index (χ3v) is 8.31. The Bertz CT molecular complexity index is 1290. The number of carbonyl (C=O) groups excluding carboxylic acids is 3. The van der Waals surface area contributed by atoms with E-state index in [0.717, 1.165) is 28.6 Å². The van der Waals surface area contributed by atoms with E-state index in [9.17, 15) is 36.0 Å². The van der Waals surface area contributed by atoms with Crippen molar-refractivity contribution in [1.29, 1.82) is 0 Å². The third kappa shape index (κ3) is 5.23. The number of nitrogens with one attached hydrogen (secondary N) is 1. The van der Waals surface area contributed by atoms with Gasteiger partial charge in [-0.05, 0) is 49.2 Å². The van der Waals surface area contributed by atoms with E-state index in [1.54, 1.807) is 13.0 Å². The molecule has 3 unspecified atom stereocenters. The van der Waals surface area contributed by atoms with Crippen LogP contribution in [-0.2, 0) is 25.8 Å². The van der Waals surface area contributed by atoms with Crippen LogP contribution in [0.5, 0.6) is 0 Å². The zero-order valence-electron chi connectivity index (χ0n) is 19.8. The molecule has 9 nitrogen and oxygen atoms in total. The normalized spacial score (nSPS) is 21.1. The number of fused-ring (bicyclic) bond motifs is 1. The predicted molar refractivity (Wildman–Crippen MR) is 125 cm³/mol. The standard InChI is InChI=1S/C24H25F3N4O5S/c1-2-5-17(29-22(33)15-7-9-16(10-8-15)24(25,26)27)23(34)30-13-11-18-21(30)19(32)14-31(18)37(35,36)20-6-3-4-12-28-20/h3-4,6-10,12,17-18,21H,2,5,11,13-14H2,1H3,(H,29,33). The smallest absolute Gasteiger partial charge is 0.340 e. The Kier molecular flexibility index (Phi) is 7.38. The molecule has 0 radical (unpaired) electrons. The van der Waals surface area contributed by atoms with Gasteiger partial charge in [0.05, 0.1) is 18.2 Å². The highest BCUT2D eigenvalue weighted by Crippen LogP contribution is 2.34. The predicted octanol–water partition coefficient (Wildman–Crippen LogP) is 2.24. The molecule has 2 aliphatic rings. The number of rotatable bonds is 7. The molecule has 0 aliphatic carbocycles. The zero-order valence-corrected chi connectivity index (χ0v) is 20.6. The fourth-order valence-electron chi connectivity index (χ4n) is 4.76. The summed E-state index contributed by atoms with van der Waals surface area (Å²) in [5, 5.41) is 2.37. The maximum absolute atomic E-state index is 13.4. The van der Waals surface area contributed by atoms with Crippen LogP contribution in [-0.4, -0.2) is 71.4 Å². The molecule has 2 aromatic rings. The number of benzene rings is 1. The number of ketones is 1. The monoisotopic (exact) mass is 538 g/mol. The summed E-state index contributed by atoms with van der Waals surface area (Å²) in [6, 6.07) is 5.26. The lowest BCUT2D eigenvalue weighted by molar-refractivity contribution is -0.138. The number of amides is 2. The average molecular weight is 539 g/mol. The van der Waals surface area contributed by atoms with E-state index in [2.05, 4.69) is 10.3 Å². The Labute approximate surface area is 211 Å². The number of halogens is 3. The molecule has 3 heterocycles. The molecule has 2 amide bonds. The number of carbonyl (C=O) groups is 3. The van der Waals surface area contributed by atoms with E-state index in [4.69, 9.17) is 0 Å². The van der Waals surface area contributed by atoms with Crippen molar-refractivity contribution in [2.75, 3.05) is 13.1 Å². The molecular weight excluding hydrogens is 513 g/mol. The second kappa shape index (κ2) is 10.2. The number of hydrogen-bond acceptors (Lipinski definition) is 6. The number of nitrogens with zero attached hydrogens (tertiary/aromatic N) is 3. The van der Waals surface area contributed by atoms with Gasteiger partial charge in [-0.15, -0.1) is 0 Å². The van der Waals surface area contributed by atoms with Gasteiger partial charge in [-0.1, -0.05) is 19.4 Å². The van der Waals surface area contributed by atoms with E-state index in [0.29, 0.717) is 6.42 Å². The van der Waals surface area contributed by atoms with Gasteiger partial charge < -0.3 is 10.2 Å². The number of pyridine rings is 1. The minimum Gasteiger partial charge on any atom is -0.340 e. The Hall–Kier alpha value is -3.32. The maximum atomic E-state index is 13.4. The van der Waals surface area contributed by atoms with Crippen molar-refractivity contribution < 1.29 is 36.0 Å². The van der Waals surface area contributed by atoms with Crippen molar-refractivity contribution >= 4 is 27.6 Å². The first-order chi connectivity index (χ1) is 17.4. The molecule has 3 atom stereocenters. The summed E-state index contributed by atoms with van der Waals surface area (Å²) in [7, 11) is -4.06. The minimum absolute atomic E-state index is 0.0502. The van der Waals surface area contributed by atoms with Gasteiger partial charge >= 0.3 is 6.18 Å². The fraction of sp³-hybridized carbons (Fsp3) is 0.417. The van der Waals surface area contributed by atoms with E-state index in [1.165, 1.54) is 23.2 Å². The van der Waals surface area contributed by atoms with Gasteiger partial charge in [-0.2, -0.15) is 17.5 Å². The van der Waals surface area contributed by atoms with Crippen LogP contribution in [0.4, 0.5) is 13.2 Å². The van der Waals surface area contributed by atoms with E-state index in [-0.39, 0.29) is 30.0 Å². The van der Waals surface area contributed by atoms with Gasteiger partial charge in [0.1, 0.15) is 12.1 Å². The molecule has 37 heavy (non-hydrogen) atoms. The Morgan fingerprint density at radius 3 is 2.46 bits per heavy atom. The number of hydrogen-bond donors (Lipinski definition) is 1. The number of aromatic nitrogens is 1. The minimum atomic E-state index is -4.55. The lowest BCUT2D eigenvalue weighted by atomic mass is 10.1. The maximum Gasteiger partial charge on any atom is 0.416 e. The SMILES string of the molecule is CCCC(NC(=O)c1ccc(C(F)(F)F)cc1)C(=O)N1CCC2C1C(=O)CN2S(=O)(=O)c1ccccn1. The molecule has 1 aromatic carbocycles. The molecule has 2 aliphatic heterocycles. The van der Waals surface area contributed by atoms with Gasteiger partial charge in [0.25, 0.3) is 15.9 Å². The highest BCUT2D eigenvalue weighted by molar-refractivity contribution is 7.89. The molecule has 2 fully saturated rings. The summed E-state index contributed by atoms with van der Waals surface area (Å²) < 4.78 is 65.8. The van der Waals surface area contributed by atoms with Gasteiger partial charge in [0.2, 0.25) is 5.91 Å². The highest BCUT2D eigenvalue weighted by Gasteiger charge is 2.54. The second-order valence-electron chi connectivity index (χ2n) is 8.91. The second-order valence-corrected chi connectivity index (χ2v) is 10.7. The molecule has 2 saturated heterocycles. The summed E-state index contributed by atoms with van der Waals surface area (Å²) >= 11 is 0. The Morgan fingerprint density at radius 2 is 1.86 bits per heavy atom. The van der Waals surface area contributed by atoms with Crippen LogP contribution >= 0.6 is 0 Å². The molecule has 1 aromatic heterocycles. The van der Waals surface area contributed by atoms with E-state index < -0.39 is 64.0 Å². The molecular formula is C24H25F3N4O5S. The topological polar surface area (TPSA) is 117 Å². The van der Waals surface area contributed by atoms with Crippen molar-refractivity contribution in [1.82, 2.24) is 19.5 Å². The van der Waals surface area contributed by atoms with E-state index in [1.807, 2.05) is 0 Å². The van der Waals surface area contributed by atoms with Crippen molar-refractivity contribution in [3.8, 4) is 0 Å². The summed E-state index contributed by atoms with van der Waals surface area (Å²) in [6.07, 6.45) is -2.25. The average Bonchev–Trinajstić information content (AvgIpc) is 3.45. The van der Waals surface area contributed by atoms with Crippen molar-refractivity contribution in [3.05, 3.63) is 59.8 Å². The van der Waals surface area contributed by atoms with Gasteiger partial charge in [-0.3, -0.25) is 14.4 Å². The van der Waals surface area contributed by atoms with Crippen molar-refractivity contribution in [2.24, 2.45) is 0 Å². The molecule has 0 bridgehead atoms. The third-order valence-electron chi connectivity index (χ3n) is 6.53. The van der Waals surface area contributed by atoms with Crippen molar-refractivity contribution in [2.45, 2.75) is 55.5 Å². The first-order valence-corrected chi connectivity index (χ1v) is 13.1. The van der Waals surface area contributed by atoms with Crippen LogP contribution in [0.3, 0.4) is 0 Å². The summed E-state index contributed by atoms with van der Waals surface area (Å²) in [4.78, 5) is 44.2. The highest BCUT2D eigenvalue weighted by atomic mass is 32.2.